The van der Waals surface area contributed by atoms with Gasteiger partial charge in [0, 0.05) is 32.6 Å². The van der Waals surface area contributed by atoms with Crippen LogP contribution in [0.25, 0.3) is 11.0 Å². The molecule has 140 valence electrons. The van der Waals surface area contributed by atoms with Crippen molar-refractivity contribution in [1.82, 2.24) is 20.2 Å². The highest BCUT2D eigenvalue weighted by molar-refractivity contribution is 5.80. The molecule has 0 radical (unpaired) electrons. The summed E-state index contributed by atoms with van der Waals surface area (Å²) in [6.45, 7) is 6.34. The largest absolute Gasteiger partial charge is 0.357 e. The van der Waals surface area contributed by atoms with Gasteiger partial charge in [0.2, 0.25) is 0 Å². The lowest BCUT2D eigenvalue weighted by atomic mass is 9.82. The number of aromatic amines is 1. The second kappa shape index (κ2) is 8.11. The molecule has 2 heterocycles. The fraction of sp³-hybridized carbons (Fsp3) is 0.619. The smallest absolute Gasteiger partial charge is 0.193 e. The van der Waals surface area contributed by atoms with Gasteiger partial charge in [-0.3, -0.25) is 4.99 Å². The summed E-state index contributed by atoms with van der Waals surface area (Å²) in [5.41, 5.74) is 2.18. The number of rotatable bonds is 5. The third-order valence-corrected chi connectivity index (χ3v) is 5.88. The van der Waals surface area contributed by atoms with Gasteiger partial charge >= 0.3 is 0 Å². The van der Waals surface area contributed by atoms with Crippen molar-refractivity contribution in [2.24, 2.45) is 16.8 Å². The summed E-state index contributed by atoms with van der Waals surface area (Å²) in [5.74, 6) is 3.97. The molecule has 0 bridgehead atoms. The van der Waals surface area contributed by atoms with Gasteiger partial charge in [-0.15, -0.1) is 0 Å². The number of aromatic nitrogens is 2. The number of nitrogens with one attached hydrogen (secondary N) is 2. The Balaban J connectivity index is 1.32. The first-order valence-corrected chi connectivity index (χ1v) is 10.3. The summed E-state index contributed by atoms with van der Waals surface area (Å²) in [6, 6.07) is 8.22. The number of fused-ring (bicyclic) bond motifs is 2. The van der Waals surface area contributed by atoms with Gasteiger partial charge in [-0.2, -0.15) is 0 Å². The molecule has 0 spiro atoms. The Hall–Kier alpha value is -2.04. The molecule has 2 atom stereocenters. The molecule has 1 aromatic heterocycles. The second-order valence-electron chi connectivity index (χ2n) is 7.75. The summed E-state index contributed by atoms with van der Waals surface area (Å²) in [4.78, 5) is 15.5. The van der Waals surface area contributed by atoms with Crippen LogP contribution in [0.2, 0.25) is 0 Å². The van der Waals surface area contributed by atoms with Gasteiger partial charge in [0.1, 0.15) is 5.82 Å². The Morgan fingerprint density at radius 2 is 2.00 bits per heavy atom. The van der Waals surface area contributed by atoms with E-state index in [2.05, 4.69) is 39.2 Å². The highest BCUT2D eigenvalue weighted by atomic mass is 15.3. The average Bonchev–Trinajstić information content (AvgIpc) is 3.27. The maximum absolute atomic E-state index is 4.91. The van der Waals surface area contributed by atoms with E-state index in [0.29, 0.717) is 0 Å². The number of imidazole rings is 1. The van der Waals surface area contributed by atoms with Crippen LogP contribution < -0.4 is 5.32 Å². The molecule has 2 aliphatic rings. The number of hydrogen-bond acceptors (Lipinski definition) is 2. The van der Waals surface area contributed by atoms with Crippen molar-refractivity contribution in [3.05, 3.63) is 30.1 Å². The van der Waals surface area contributed by atoms with E-state index in [4.69, 9.17) is 4.99 Å². The molecule has 26 heavy (non-hydrogen) atoms. The quantitative estimate of drug-likeness (QED) is 0.491. The van der Waals surface area contributed by atoms with Gasteiger partial charge in [0.05, 0.1) is 11.0 Å². The monoisotopic (exact) mass is 353 g/mol. The number of hydrogen-bond donors (Lipinski definition) is 2. The SMILES string of the molecule is CCNC(=NCCCc1nc2ccccc2[nH]1)N1CC2CCCCC2C1. The normalized spacial score (nSPS) is 23.4. The van der Waals surface area contributed by atoms with Crippen LogP contribution in [0.5, 0.6) is 0 Å². The molecule has 4 rings (SSSR count). The Morgan fingerprint density at radius 3 is 2.73 bits per heavy atom. The Morgan fingerprint density at radius 1 is 1.23 bits per heavy atom. The minimum atomic E-state index is 0.852. The van der Waals surface area contributed by atoms with E-state index in [9.17, 15) is 0 Å². The van der Waals surface area contributed by atoms with E-state index >= 15 is 0 Å². The van der Waals surface area contributed by atoms with Crippen LogP contribution in [0.3, 0.4) is 0 Å². The summed E-state index contributed by atoms with van der Waals surface area (Å²) >= 11 is 0. The van der Waals surface area contributed by atoms with Crippen molar-refractivity contribution < 1.29 is 0 Å². The number of aryl methyl sites for hydroxylation is 1. The fourth-order valence-corrected chi connectivity index (χ4v) is 4.56. The lowest BCUT2D eigenvalue weighted by Crippen LogP contribution is -2.40. The van der Waals surface area contributed by atoms with Crippen molar-refractivity contribution in [3.8, 4) is 0 Å². The van der Waals surface area contributed by atoms with Gasteiger partial charge in [0.25, 0.3) is 0 Å². The minimum Gasteiger partial charge on any atom is -0.357 e. The van der Waals surface area contributed by atoms with Crippen LogP contribution >= 0.6 is 0 Å². The van der Waals surface area contributed by atoms with Crippen LogP contribution in [0.1, 0.15) is 44.9 Å². The molecule has 5 heteroatoms. The highest BCUT2D eigenvalue weighted by Crippen LogP contribution is 2.35. The van der Waals surface area contributed by atoms with E-state index in [1.807, 2.05) is 12.1 Å². The average molecular weight is 354 g/mol. The van der Waals surface area contributed by atoms with Crippen molar-refractivity contribution in [1.29, 1.82) is 0 Å². The predicted octanol–water partition coefficient (Wildman–Crippen LogP) is 3.58. The third kappa shape index (κ3) is 3.87. The second-order valence-corrected chi connectivity index (χ2v) is 7.75. The summed E-state index contributed by atoms with van der Waals surface area (Å²) in [6.07, 6.45) is 7.62. The zero-order valence-corrected chi connectivity index (χ0v) is 15.9. The summed E-state index contributed by atoms with van der Waals surface area (Å²) < 4.78 is 0. The molecule has 1 aliphatic heterocycles. The zero-order valence-electron chi connectivity index (χ0n) is 15.9. The third-order valence-electron chi connectivity index (χ3n) is 5.88. The topological polar surface area (TPSA) is 56.3 Å². The number of para-hydroxylation sites is 2. The number of likely N-dealkylation sites (tertiary alicyclic amines) is 1. The zero-order chi connectivity index (χ0) is 17.8. The lowest BCUT2D eigenvalue weighted by molar-refractivity contribution is 0.299. The summed E-state index contributed by atoms with van der Waals surface area (Å²) in [5, 5.41) is 3.51. The van der Waals surface area contributed by atoms with Gasteiger partial charge in [0.15, 0.2) is 5.96 Å². The first-order chi connectivity index (χ1) is 12.8. The van der Waals surface area contributed by atoms with Crippen molar-refractivity contribution in [3.63, 3.8) is 0 Å². The van der Waals surface area contributed by atoms with Crippen LogP contribution in [-0.2, 0) is 6.42 Å². The first kappa shape index (κ1) is 17.4. The van der Waals surface area contributed by atoms with Crippen LogP contribution in [0.15, 0.2) is 29.3 Å². The van der Waals surface area contributed by atoms with Crippen molar-refractivity contribution in [2.75, 3.05) is 26.2 Å². The van der Waals surface area contributed by atoms with Gasteiger partial charge < -0.3 is 15.2 Å². The Labute approximate surface area is 156 Å². The number of guanidine groups is 1. The molecular formula is C21H31N5. The predicted molar refractivity (Wildman–Crippen MR) is 107 cm³/mol. The fourth-order valence-electron chi connectivity index (χ4n) is 4.56. The maximum atomic E-state index is 4.91. The standard InChI is InChI=1S/C21H31N5/c1-2-22-21(26-14-16-8-3-4-9-17(16)15-26)23-13-7-12-20-24-18-10-5-6-11-19(18)25-20/h5-6,10-11,16-17H,2-4,7-9,12-15H2,1H3,(H,22,23)(H,24,25). The van der Waals surface area contributed by atoms with Gasteiger partial charge in [-0.05, 0) is 50.2 Å². The molecule has 2 aromatic rings. The molecule has 1 aromatic carbocycles. The number of benzene rings is 1. The molecule has 1 aliphatic carbocycles. The number of nitrogens with zero attached hydrogens (tertiary/aromatic N) is 3. The van der Waals surface area contributed by atoms with Crippen LogP contribution in [0.4, 0.5) is 0 Å². The highest BCUT2D eigenvalue weighted by Gasteiger charge is 2.35. The van der Waals surface area contributed by atoms with E-state index < -0.39 is 0 Å². The Bertz CT molecular complexity index is 703. The van der Waals surface area contributed by atoms with E-state index in [-0.39, 0.29) is 0 Å². The Kier molecular flexibility index (Phi) is 5.42. The molecule has 2 N–H and O–H groups in total. The van der Waals surface area contributed by atoms with Gasteiger partial charge in [-0.1, -0.05) is 25.0 Å². The maximum Gasteiger partial charge on any atom is 0.193 e. The van der Waals surface area contributed by atoms with Crippen molar-refractivity contribution in [2.45, 2.75) is 45.4 Å². The molecule has 0 amide bonds. The number of aliphatic imine (C=N–C) groups is 1. The van der Waals surface area contributed by atoms with E-state index in [1.54, 1.807) is 0 Å². The van der Waals surface area contributed by atoms with Gasteiger partial charge in [-0.25, -0.2) is 4.98 Å². The summed E-state index contributed by atoms with van der Waals surface area (Å²) in [7, 11) is 0. The molecule has 1 saturated carbocycles. The molecular weight excluding hydrogens is 322 g/mol. The van der Waals surface area contributed by atoms with Crippen LogP contribution in [0, 0.1) is 11.8 Å². The van der Waals surface area contributed by atoms with Crippen LogP contribution in [-0.4, -0.2) is 47.0 Å². The van der Waals surface area contributed by atoms with E-state index in [1.165, 1.54) is 38.8 Å². The molecule has 2 fully saturated rings. The molecule has 1 saturated heterocycles. The molecule has 5 nitrogen and oxygen atoms in total. The molecule has 2 unspecified atom stereocenters. The number of H-pyrrole nitrogens is 1. The first-order valence-electron chi connectivity index (χ1n) is 10.3. The lowest BCUT2D eigenvalue weighted by Gasteiger charge is -2.22. The van der Waals surface area contributed by atoms with Crippen molar-refractivity contribution >= 4 is 17.0 Å². The minimum absolute atomic E-state index is 0.852. The van der Waals surface area contributed by atoms with E-state index in [0.717, 1.165) is 60.6 Å².